The molecule has 0 saturated carbocycles. The molecule has 1 unspecified atom stereocenters. The Labute approximate surface area is 88.5 Å². The molecular formula is C10H17F3N2. The summed E-state index contributed by atoms with van der Waals surface area (Å²) in [6.45, 7) is 2.57. The average molecular weight is 222 g/mol. The highest BCUT2D eigenvalue weighted by Crippen LogP contribution is 2.20. The van der Waals surface area contributed by atoms with E-state index >= 15 is 0 Å². The minimum atomic E-state index is -4.26. The molecule has 15 heavy (non-hydrogen) atoms. The number of nitrogens with zero attached hydrogens (tertiary/aromatic N) is 1. The van der Waals surface area contributed by atoms with Gasteiger partial charge in [0.1, 0.15) is 5.54 Å². The molecule has 0 spiro atoms. The van der Waals surface area contributed by atoms with Crippen molar-refractivity contribution in [3.8, 4) is 6.07 Å². The van der Waals surface area contributed by atoms with Gasteiger partial charge in [0.05, 0.1) is 12.6 Å². The lowest BCUT2D eigenvalue weighted by Crippen LogP contribution is -2.47. The molecule has 0 aliphatic carbocycles. The van der Waals surface area contributed by atoms with Crippen LogP contribution in [-0.4, -0.2) is 18.3 Å². The summed E-state index contributed by atoms with van der Waals surface area (Å²) in [6, 6.07) is 1.96. The van der Waals surface area contributed by atoms with Crippen molar-refractivity contribution in [3.05, 3.63) is 0 Å². The van der Waals surface area contributed by atoms with Crippen LogP contribution >= 0.6 is 0 Å². The Bertz CT molecular complexity index is 220. The number of alkyl halides is 3. The van der Waals surface area contributed by atoms with Gasteiger partial charge in [0.2, 0.25) is 0 Å². The maximum absolute atomic E-state index is 12.0. The second-order valence-electron chi connectivity index (χ2n) is 3.62. The smallest absolute Gasteiger partial charge is 0.291 e. The van der Waals surface area contributed by atoms with Crippen molar-refractivity contribution in [1.29, 1.82) is 5.26 Å². The maximum atomic E-state index is 12.0. The molecular weight excluding hydrogens is 205 g/mol. The maximum Gasteiger partial charge on any atom is 0.401 e. The predicted molar refractivity (Wildman–Crippen MR) is 52.2 cm³/mol. The van der Waals surface area contributed by atoms with Gasteiger partial charge in [-0.3, -0.25) is 5.32 Å². The minimum Gasteiger partial charge on any atom is -0.291 e. The molecule has 0 aliphatic rings. The van der Waals surface area contributed by atoms with Gasteiger partial charge in [-0.25, -0.2) is 0 Å². The van der Waals surface area contributed by atoms with Crippen LogP contribution in [0.3, 0.4) is 0 Å². The Morgan fingerprint density at radius 1 is 1.27 bits per heavy atom. The SMILES string of the molecule is CCCCC(C#N)(CC)NCC(F)(F)F. The summed E-state index contributed by atoms with van der Waals surface area (Å²) in [6.07, 6.45) is -1.78. The van der Waals surface area contributed by atoms with Crippen LogP contribution in [0.15, 0.2) is 0 Å². The summed E-state index contributed by atoms with van der Waals surface area (Å²) >= 11 is 0. The zero-order chi connectivity index (χ0) is 11.9. The number of hydrogen-bond donors (Lipinski definition) is 1. The molecule has 0 saturated heterocycles. The fraction of sp³-hybridized carbons (Fsp3) is 0.900. The largest absolute Gasteiger partial charge is 0.401 e. The van der Waals surface area contributed by atoms with Crippen LogP contribution in [0.2, 0.25) is 0 Å². The highest BCUT2D eigenvalue weighted by molar-refractivity contribution is 5.06. The van der Waals surface area contributed by atoms with E-state index in [4.69, 9.17) is 5.26 Å². The van der Waals surface area contributed by atoms with Crippen LogP contribution in [0.25, 0.3) is 0 Å². The van der Waals surface area contributed by atoms with Gasteiger partial charge in [-0.05, 0) is 12.8 Å². The molecule has 0 aromatic rings. The third-order valence-electron chi connectivity index (χ3n) is 2.40. The van der Waals surface area contributed by atoms with E-state index in [1.807, 2.05) is 13.0 Å². The van der Waals surface area contributed by atoms with Crippen molar-refractivity contribution in [3.63, 3.8) is 0 Å². The lowest BCUT2D eigenvalue weighted by atomic mass is 9.91. The first-order chi connectivity index (χ1) is 6.89. The molecule has 0 aromatic carbocycles. The summed E-state index contributed by atoms with van der Waals surface area (Å²) in [7, 11) is 0. The van der Waals surface area contributed by atoms with Crippen molar-refractivity contribution in [1.82, 2.24) is 5.32 Å². The highest BCUT2D eigenvalue weighted by Gasteiger charge is 2.34. The Kier molecular flexibility index (Phi) is 5.66. The molecule has 0 fully saturated rings. The van der Waals surface area contributed by atoms with Crippen LogP contribution in [-0.2, 0) is 0 Å². The molecule has 0 aliphatic heterocycles. The number of nitriles is 1. The first-order valence-electron chi connectivity index (χ1n) is 5.12. The Morgan fingerprint density at radius 3 is 2.20 bits per heavy atom. The standard InChI is InChI=1S/C10H17F3N2/c1-3-5-6-9(4-2,7-14)15-8-10(11,12)13/h15H,3-6,8H2,1-2H3. The van der Waals surface area contributed by atoms with E-state index in [1.54, 1.807) is 6.92 Å². The summed E-state index contributed by atoms with van der Waals surface area (Å²) in [5, 5.41) is 11.2. The lowest BCUT2D eigenvalue weighted by molar-refractivity contribution is -0.127. The predicted octanol–water partition coefficient (Wildman–Crippen LogP) is 3.00. The number of halogens is 3. The second kappa shape index (κ2) is 5.96. The zero-order valence-electron chi connectivity index (χ0n) is 9.12. The zero-order valence-corrected chi connectivity index (χ0v) is 9.12. The molecule has 0 rings (SSSR count). The first-order valence-corrected chi connectivity index (χ1v) is 5.12. The van der Waals surface area contributed by atoms with Crippen molar-refractivity contribution >= 4 is 0 Å². The molecule has 1 atom stereocenters. The van der Waals surface area contributed by atoms with Gasteiger partial charge in [0, 0.05) is 0 Å². The van der Waals surface area contributed by atoms with E-state index in [9.17, 15) is 13.2 Å². The molecule has 0 bridgehead atoms. The minimum absolute atomic E-state index is 0.388. The van der Waals surface area contributed by atoms with Crippen LogP contribution in [0.1, 0.15) is 39.5 Å². The van der Waals surface area contributed by atoms with Crippen LogP contribution in [0.5, 0.6) is 0 Å². The quantitative estimate of drug-likeness (QED) is 0.749. The van der Waals surface area contributed by atoms with Crippen LogP contribution in [0, 0.1) is 11.3 Å². The van der Waals surface area contributed by atoms with Gasteiger partial charge in [-0.2, -0.15) is 18.4 Å². The molecule has 2 nitrogen and oxygen atoms in total. The Morgan fingerprint density at radius 2 is 1.87 bits per heavy atom. The first kappa shape index (κ1) is 14.2. The van der Waals surface area contributed by atoms with E-state index < -0.39 is 18.3 Å². The molecule has 0 aromatic heterocycles. The third-order valence-corrected chi connectivity index (χ3v) is 2.40. The van der Waals surface area contributed by atoms with Crippen molar-refractivity contribution in [2.24, 2.45) is 0 Å². The van der Waals surface area contributed by atoms with E-state index in [0.29, 0.717) is 12.8 Å². The summed E-state index contributed by atoms with van der Waals surface area (Å²) in [4.78, 5) is 0. The molecule has 0 amide bonds. The van der Waals surface area contributed by atoms with Crippen LogP contribution in [0.4, 0.5) is 13.2 Å². The van der Waals surface area contributed by atoms with Gasteiger partial charge in [0.15, 0.2) is 0 Å². The second-order valence-corrected chi connectivity index (χ2v) is 3.62. The number of unbranched alkanes of at least 4 members (excludes halogenated alkanes) is 1. The molecule has 5 heteroatoms. The van der Waals surface area contributed by atoms with Gasteiger partial charge < -0.3 is 0 Å². The van der Waals surface area contributed by atoms with Crippen LogP contribution < -0.4 is 5.32 Å². The molecule has 1 N–H and O–H groups in total. The average Bonchev–Trinajstić information content (AvgIpc) is 2.18. The van der Waals surface area contributed by atoms with E-state index in [-0.39, 0.29) is 0 Å². The van der Waals surface area contributed by atoms with Crippen molar-refractivity contribution in [2.45, 2.75) is 51.2 Å². The Hall–Kier alpha value is -0.760. The topological polar surface area (TPSA) is 35.8 Å². The lowest BCUT2D eigenvalue weighted by Gasteiger charge is -2.27. The number of hydrogen-bond acceptors (Lipinski definition) is 2. The van der Waals surface area contributed by atoms with Crippen molar-refractivity contribution in [2.75, 3.05) is 6.54 Å². The monoisotopic (exact) mass is 222 g/mol. The molecule has 0 heterocycles. The van der Waals surface area contributed by atoms with Gasteiger partial charge in [0.25, 0.3) is 0 Å². The van der Waals surface area contributed by atoms with E-state index in [0.717, 1.165) is 12.8 Å². The number of rotatable bonds is 6. The van der Waals surface area contributed by atoms with Crippen molar-refractivity contribution < 1.29 is 13.2 Å². The summed E-state index contributed by atoms with van der Waals surface area (Å²) < 4.78 is 36.0. The normalized spacial score (nSPS) is 15.7. The third kappa shape index (κ3) is 5.63. The van der Waals surface area contributed by atoms with Gasteiger partial charge in [-0.15, -0.1) is 0 Å². The Balaban J connectivity index is 4.32. The summed E-state index contributed by atoms with van der Waals surface area (Å²) in [5.74, 6) is 0. The highest BCUT2D eigenvalue weighted by atomic mass is 19.4. The van der Waals surface area contributed by atoms with E-state index in [2.05, 4.69) is 5.32 Å². The fourth-order valence-electron chi connectivity index (χ4n) is 1.31. The van der Waals surface area contributed by atoms with Gasteiger partial charge >= 0.3 is 6.18 Å². The fourth-order valence-corrected chi connectivity index (χ4v) is 1.31. The number of nitrogens with one attached hydrogen (secondary N) is 1. The van der Waals surface area contributed by atoms with E-state index in [1.165, 1.54) is 0 Å². The molecule has 88 valence electrons. The molecule has 0 radical (unpaired) electrons. The van der Waals surface area contributed by atoms with Gasteiger partial charge in [-0.1, -0.05) is 26.7 Å². The summed E-state index contributed by atoms with van der Waals surface area (Å²) in [5.41, 5.74) is -1.02.